The Bertz CT molecular complexity index is 738. The summed E-state index contributed by atoms with van der Waals surface area (Å²) < 4.78 is 5.48. The maximum Gasteiger partial charge on any atom is 0.362 e. The first kappa shape index (κ1) is 14.1. The number of benzene rings is 1. The van der Waals surface area contributed by atoms with Gasteiger partial charge in [-0.25, -0.2) is 9.89 Å². The lowest BCUT2D eigenvalue weighted by molar-refractivity contribution is 0.0687. The van der Waals surface area contributed by atoms with Crippen LogP contribution in [0.25, 0.3) is 0 Å². The summed E-state index contributed by atoms with van der Waals surface area (Å²) in [5.41, 5.74) is 0.586. The molecule has 0 spiro atoms. The Labute approximate surface area is 127 Å². The standard InChI is InChI=1S/C16H15N3O3/c20-16(21)14-15(18-19-17-14)22-13-9-3-8-12(10-13)7-2-6-11-4-1-5-11/h3,8-11H,1,4-6H2,(H,20,21)(H,17,18,19). The summed E-state index contributed by atoms with van der Waals surface area (Å²) >= 11 is 0. The average Bonchev–Trinajstić information content (AvgIpc) is 2.90. The van der Waals surface area contributed by atoms with Crippen molar-refractivity contribution in [3.8, 4) is 23.5 Å². The highest BCUT2D eigenvalue weighted by molar-refractivity contribution is 5.87. The molecule has 1 aromatic heterocycles. The van der Waals surface area contributed by atoms with Gasteiger partial charge in [0, 0.05) is 12.0 Å². The Morgan fingerprint density at radius 3 is 3.05 bits per heavy atom. The summed E-state index contributed by atoms with van der Waals surface area (Å²) in [7, 11) is 0. The Balaban J connectivity index is 1.70. The number of rotatable bonds is 4. The fourth-order valence-corrected chi connectivity index (χ4v) is 2.18. The number of hydrogen-bond donors (Lipinski definition) is 2. The molecule has 0 unspecified atom stereocenters. The van der Waals surface area contributed by atoms with Gasteiger partial charge in [0.05, 0.1) is 0 Å². The summed E-state index contributed by atoms with van der Waals surface area (Å²) in [5.74, 6) is 6.35. The molecule has 1 aliphatic carbocycles. The summed E-state index contributed by atoms with van der Waals surface area (Å²) in [6.07, 6.45) is 4.81. The number of ether oxygens (including phenoxy) is 1. The van der Waals surface area contributed by atoms with Gasteiger partial charge in [0.2, 0.25) is 5.69 Å². The van der Waals surface area contributed by atoms with Gasteiger partial charge in [-0.3, -0.25) is 0 Å². The van der Waals surface area contributed by atoms with Gasteiger partial charge < -0.3 is 9.84 Å². The lowest BCUT2D eigenvalue weighted by atomic mass is 9.83. The molecule has 0 atom stereocenters. The van der Waals surface area contributed by atoms with Crippen LogP contribution in [0.5, 0.6) is 11.6 Å². The number of nitrogens with zero attached hydrogens (tertiary/aromatic N) is 2. The molecule has 0 amide bonds. The van der Waals surface area contributed by atoms with E-state index in [0.717, 1.165) is 17.9 Å². The topological polar surface area (TPSA) is 88.1 Å². The van der Waals surface area contributed by atoms with Crippen LogP contribution in [0.3, 0.4) is 0 Å². The minimum absolute atomic E-state index is 0.00655. The monoisotopic (exact) mass is 297 g/mol. The third kappa shape index (κ3) is 3.26. The minimum atomic E-state index is -1.19. The predicted molar refractivity (Wildman–Crippen MR) is 78.7 cm³/mol. The number of H-pyrrole nitrogens is 1. The Morgan fingerprint density at radius 1 is 1.45 bits per heavy atom. The molecule has 1 saturated carbocycles. The Kier molecular flexibility index (Phi) is 4.05. The second-order valence-corrected chi connectivity index (χ2v) is 5.23. The van der Waals surface area contributed by atoms with E-state index in [1.54, 1.807) is 12.1 Å². The van der Waals surface area contributed by atoms with Crippen molar-refractivity contribution in [2.75, 3.05) is 0 Å². The molecule has 1 heterocycles. The molecule has 2 aromatic rings. The average molecular weight is 297 g/mol. The van der Waals surface area contributed by atoms with E-state index in [9.17, 15) is 4.79 Å². The van der Waals surface area contributed by atoms with Gasteiger partial charge in [-0.2, -0.15) is 0 Å². The third-order valence-electron chi connectivity index (χ3n) is 3.62. The van der Waals surface area contributed by atoms with Gasteiger partial charge in [-0.05, 0) is 37.0 Å². The molecule has 0 aliphatic heterocycles. The van der Waals surface area contributed by atoms with Crippen LogP contribution in [-0.2, 0) is 0 Å². The number of carboxylic acid groups (broad SMARTS) is 1. The normalized spacial score (nSPS) is 13.8. The lowest BCUT2D eigenvalue weighted by Crippen LogP contribution is -2.09. The largest absolute Gasteiger partial charge is 0.476 e. The number of aromatic nitrogens is 3. The Morgan fingerprint density at radius 2 is 2.32 bits per heavy atom. The molecule has 0 radical (unpaired) electrons. The van der Waals surface area contributed by atoms with Crippen LogP contribution < -0.4 is 4.74 Å². The molecule has 1 fully saturated rings. The maximum atomic E-state index is 11.0. The van der Waals surface area contributed by atoms with Crippen molar-refractivity contribution < 1.29 is 14.6 Å². The first-order valence-electron chi connectivity index (χ1n) is 7.13. The number of aromatic amines is 1. The van der Waals surface area contributed by atoms with Crippen molar-refractivity contribution in [3.63, 3.8) is 0 Å². The summed E-state index contributed by atoms with van der Waals surface area (Å²) in [6.45, 7) is 0. The lowest BCUT2D eigenvalue weighted by Gasteiger charge is -2.22. The number of hydrogen-bond acceptors (Lipinski definition) is 4. The third-order valence-corrected chi connectivity index (χ3v) is 3.62. The van der Waals surface area contributed by atoms with Crippen molar-refractivity contribution in [2.24, 2.45) is 5.92 Å². The highest BCUT2D eigenvalue weighted by Gasteiger charge is 2.17. The van der Waals surface area contributed by atoms with Crippen LogP contribution in [0.2, 0.25) is 0 Å². The second-order valence-electron chi connectivity index (χ2n) is 5.23. The SMILES string of the molecule is O=C(O)c1nn[nH]c1Oc1cccc(C#CCC2CCC2)c1. The fraction of sp³-hybridized carbons (Fsp3) is 0.312. The first-order chi connectivity index (χ1) is 10.7. The van der Waals surface area contributed by atoms with E-state index in [1.165, 1.54) is 19.3 Å². The maximum absolute atomic E-state index is 11.0. The van der Waals surface area contributed by atoms with E-state index in [2.05, 4.69) is 27.3 Å². The highest BCUT2D eigenvalue weighted by Crippen LogP contribution is 2.28. The molecule has 0 saturated heterocycles. The second kappa shape index (κ2) is 6.31. The molecule has 2 N–H and O–H groups in total. The highest BCUT2D eigenvalue weighted by atomic mass is 16.5. The van der Waals surface area contributed by atoms with Crippen LogP contribution >= 0.6 is 0 Å². The Hall–Kier alpha value is -2.81. The van der Waals surface area contributed by atoms with Gasteiger partial charge in [0.25, 0.3) is 5.88 Å². The number of nitrogens with one attached hydrogen (secondary N) is 1. The number of carboxylic acids is 1. The smallest absolute Gasteiger partial charge is 0.362 e. The van der Waals surface area contributed by atoms with Crippen molar-refractivity contribution in [2.45, 2.75) is 25.7 Å². The molecular weight excluding hydrogens is 282 g/mol. The van der Waals surface area contributed by atoms with Crippen molar-refractivity contribution in [3.05, 3.63) is 35.5 Å². The van der Waals surface area contributed by atoms with E-state index < -0.39 is 5.97 Å². The summed E-state index contributed by atoms with van der Waals surface area (Å²) in [5, 5.41) is 18.3. The molecule has 22 heavy (non-hydrogen) atoms. The number of carbonyl (C=O) groups is 1. The first-order valence-corrected chi connectivity index (χ1v) is 7.13. The van der Waals surface area contributed by atoms with Gasteiger partial charge >= 0.3 is 5.97 Å². The van der Waals surface area contributed by atoms with Gasteiger partial charge in [0.1, 0.15) is 5.75 Å². The number of aromatic carboxylic acids is 1. The van der Waals surface area contributed by atoms with E-state index in [1.807, 2.05) is 12.1 Å². The van der Waals surface area contributed by atoms with Crippen LogP contribution in [0.15, 0.2) is 24.3 Å². The van der Waals surface area contributed by atoms with Crippen molar-refractivity contribution in [1.29, 1.82) is 0 Å². The predicted octanol–water partition coefficient (Wildman–Crippen LogP) is 2.84. The molecule has 6 heteroatoms. The van der Waals surface area contributed by atoms with E-state index >= 15 is 0 Å². The van der Waals surface area contributed by atoms with Gasteiger partial charge in [-0.1, -0.05) is 29.5 Å². The van der Waals surface area contributed by atoms with E-state index in [4.69, 9.17) is 9.84 Å². The van der Waals surface area contributed by atoms with Crippen LogP contribution in [0.4, 0.5) is 0 Å². The molecule has 6 nitrogen and oxygen atoms in total. The van der Waals surface area contributed by atoms with Gasteiger partial charge in [0.15, 0.2) is 0 Å². The minimum Gasteiger partial charge on any atom is -0.476 e. The molecule has 1 aliphatic rings. The molecule has 3 rings (SSSR count). The van der Waals surface area contributed by atoms with E-state index in [0.29, 0.717) is 5.75 Å². The van der Waals surface area contributed by atoms with Crippen LogP contribution in [0.1, 0.15) is 41.7 Å². The van der Waals surface area contributed by atoms with Gasteiger partial charge in [-0.15, -0.1) is 5.10 Å². The summed E-state index contributed by atoms with van der Waals surface area (Å²) in [4.78, 5) is 11.0. The van der Waals surface area contributed by atoms with E-state index in [-0.39, 0.29) is 11.6 Å². The van der Waals surface area contributed by atoms with Crippen molar-refractivity contribution >= 4 is 5.97 Å². The molecular formula is C16H15N3O3. The molecule has 112 valence electrons. The zero-order valence-electron chi connectivity index (χ0n) is 11.9. The zero-order chi connectivity index (χ0) is 15.4. The fourth-order valence-electron chi connectivity index (χ4n) is 2.18. The van der Waals surface area contributed by atoms with Crippen LogP contribution in [-0.4, -0.2) is 26.5 Å². The molecule has 0 bridgehead atoms. The van der Waals surface area contributed by atoms with Crippen molar-refractivity contribution in [1.82, 2.24) is 15.4 Å². The summed E-state index contributed by atoms with van der Waals surface area (Å²) in [6, 6.07) is 7.20. The van der Waals surface area contributed by atoms with Crippen LogP contribution in [0, 0.1) is 17.8 Å². The zero-order valence-corrected chi connectivity index (χ0v) is 11.9. The quantitative estimate of drug-likeness (QED) is 0.847. The molecule has 1 aromatic carbocycles.